The fraction of sp³-hybridized carbons (Fsp3) is 0.923. The summed E-state index contributed by atoms with van der Waals surface area (Å²) in [5.74, 6) is 1.52. The monoisotopic (exact) mass is 225 g/mol. The van der Waals surface area contributed by atoms with Crippen LogP contribution in [0.2, 0.25) is 0 Å². The second-order valence-electron chi connectivity index (χ2n) is 5.97. The van der Waals surface area contributed by atoms with Crippen LogP contribution in [0.4, 0.5) is 0 Å². The Morgan fingerprint density at radius 3 is 2.25 bits per heavy atom. The van der Waals surface area contributed by atoms with Crippen molar-refractivity contribution in [2.75, 3.05) is 0 Å². The van der Waals surface area contributed by atoms with Crippen LogP contribution in [0.5, 0.6) is 0 Å². The molecule has 3 N–H and O–H groups in total. The SMILES string of the molecule is CCC1CCC(N=C(N)NC(C)(C)C)CC1. The summed E-state index contributed by atoms with van der Waals surface area (Å²) in [4.78, 5) is 4.57. The molecule has 0 aromatic heterocycles. The summed E-state index contributed by atoms with van der Waals surface area (Å²) >= 11 is 0. The molecule has 1 rings (SSSR count). The third-order valence-corrected chi connectivity index (χ3v) is 3.22. The molecular formula is C13H27N3. The molecule has 1 fully saturated rings. The third kappa shape index (κ3) is 4.86. The molecule has 3 nitrogen and oxygen atoms in total. The first-order valence-corrected chi connectivity index (χ1v) is 6.52. The molecule has 0 atom stereocenters. The quantitative estimate of drug-likeness (QED) is 0.561. The van der Waals surface area contributed by atoms with Gasteiger partial charge in [0.05, 0.1) is 6.04 Å². The van der Waals surface area contributed by atoms with Crippen molar-refractivity contribution in [3.63, 3.8) is 0 Å². The van der Waals surface area contributed by atoms with Crippen LogP contribution in [-0.4, -0.2) is 17.5 Å². The van der Waals surface area contributed by atoms with Crippen molar-refractivity contribution in [2.24, 2.45) is 16.6 Å². The molecule has 1 aliphatic rings. The van der Waals surface area contributed by atoms with E-state index in [1.807, 2.05) is 0 Å². The van der Waals surface area contributed by atoms with Crippen molar-refractivity contribution in [2.45, 2.75) is 71.4 Å². The highest BCUT2D eigenvalue weighted by atomic mass is 15.1. The summed E-state index contributed by atoms with van der Waals surface area (Å²) in [6.07, 6.45) is 6.34. The summed E-state index contributed by atoms with van der Waals surface area (Å²) in [6.45, 7) is 8.58. The van der Waals surface area contributed by atoms with E-state index >= 15 is 0 Å². The third-order valence-electron chi connectivity index (χ3n) is 3.22. The van der Waals surface area contributed by atoms with Gasteiger partial charge in [0, 0.05) is 5.54 Å². The van der Waals surface area contributed by atoms with Crippen LogP contribution in [0.15, 0.2) is 4.99 Å². The van der Waals surface area contributed by atoms with Crippen LogP contribution < -0.4 is 11.1 Å². The molecule has 0 aromatic carbocycles. The maximum absolute atomic E-state index is 5.90. The first-order chi connectivity index (χ1) is 7.40. The zero-order valence-corrected chi connectivity index (χ0v) is 11.2. The van der Waals surface area contributed by atoms with Crippen LogP contribution in [0, 0.1) is 5.92 Å². The van der Waals surface area contributed by atoms with Gasteiger partial charge in [-0.2, -0.15) is 0 Å². The first-order valence-electron chi connectivity index (χ1n) is 6.52. The molecule has 0 unspecified atom stereocenters. The second kappa shape index (κ2) is 5.55. The van der Waals surface area contributed by atoms with E-state index in [2.05, 4.69) is 38.0 Å². The first kappa shape index (κ1) is 13.3. The number of hydrogen-bond donors (Lipinski definition) is 2. The maximum Gasteiger partial charge on any atom is 0.189 e. The lowest BCUT2D eigenvalue weighted by molar-refractivity contribution is 0.319. The predicted octanol–water partition coefficient (Wildman–Crippen LogP) is 2.66. The molecular weight excluding hydrogens is 198 g/mol. The summed E-state index contributed by atoms with van der Waals surface area (Å²) in [5.41, 5.74) is 5.90. The van der Waals surface area contributed by atoms with Crippen molar-refractivity contribution in [3.8, 4) is 0 Å². The van der Waals surface area contributed by atoms with Crippen LogP contribution in [0.1, 0.15) is 59.8 Å². The molecule has 0 heterocycles. The van der Waals surface area contributed by atoms with Crippen LogP contribution >= 0.6 is 0 Å². The van der Waals surface area contributed by atoms with Gasteiger partial charge in [-0.3, -0.25) is 4.99 Å². The smallest absolute Gasteiger partial charge is 0.189 e. The topological polar surface area (TPSA) is 50.4 Å². The number of rotatable bonds is 2. The van der Waals surface area contributed by atoms with E-state index in [0.29, 0.717) is 12.0 Å². The maximum atomic E-state index is 5.90. The van der Waals surface area contributed by atoms with Gasteiger partial charge in [-0.25, -0.2) is 0 Å². The Labute approximate surface area is 99.9 Å². The molecule has 0 saturated heterocycles. The van der Waals surface area contributed by atoms with Gasteiger partial charge in [0.25, 0.3) is 0 Å². The van der Waals surface area contributed by atoms with E-state index in [-0.39, 0.29) is 5.54 Å². The number of aliphatic imine (C=N–C) groups is 1. The van der Waals surface area contributed by atoms with Crippen LogP contribution in [0.25, 0.3) is 0 Å². The Morgan fingerprint density at radius 1 is 1.25 bits per heavy atom. The molecule has 0 amide bonds. The lowest BCUT2D eigenvalue weighted by atomic mass is 9.85. The molecule has 0 bridgehead atoms. The number of guanidine groups is 1. The molecule has 0 aromatic rings. The van der Waals surface area contributed by atoms with Gasteiger partial charge in [0.2, 0.25) is 0 Å². The minimum Gasteiger partial charge on any atom is -0.370 e. The van der Waals surface area contributed by atoms with E-state index in [4.69, 9.17) is 5.73 Å². The van der Waals surface area contributed by atoms with Crippen molar-refractivity contribution < 1.29 is 0 Å². The molecule has 0 aliphatic heterocycles. The van der Waals surface area contributed by atoms with Gasteiger partial charge in [-0.15, -0.1) is 0 Å². The molecule has 0 spiro atoms. The Hall–Kier alpha value is -0.730. The van der Waals surface area contributed by atoms with E-state index in [9.17, 15) is 0 Å². The molecule has 0 radical (unpaired) electrons. The summed E-state index contributed by atoms with van der Waals surface area (Å²) < 4.78 is 0. The highest BCUT2D eigenvalue weighted by molar-refractivity contribution is 5.78. The van der Waals surface area contributed by atoms with Gasteiger partial charge in [-0.05, 0) is 52.4 Å². The lowest BCUT2D eigenvalue weighted by Crippen LogP contribution is -2.45. The minimum absolute atomic E-state index is 0.00814. The molecule has 3 heteroatoms. The summed E-state index contributed by atoms with van der Waals surface area (Å²) in [6, 6.07) is 0.442. The van der Waals surface area contributed by atoms with Crippen molar-refractivity contribution >= 4 is 5.96 Å². The van der Waals surface area contributed by atoms with E-state index in [0.717, 1.165) is 5.92 Å². The van der Waals surface area contributed by atoms with Crippen molar-refractivity contribution in [3.05, 3.63) is 0 Å². The van der Waals surface area contributed by atoms with Gasteiger partial charge in [0.1, 0.15) is 0 Å². The van der Waals surface area contributed by atoms with Crippen LogP contribution in [-0.2, 0) is 0 Å². The normalized spacial score (nSPS) is 27.9. The van der Waals surface area contributed by atoms with Gasteiger partial charge in [-0.1, -0.05) is 13.3 Å². The van der Waals surface area contributed by atoms with E-state index in [1.165, 1.54) is 32.1 Å². The lowest BCUT2D eigenvalue weighted by Gasteiger charge is -2.27. The molecule has 16 heavy (non-hydrogen) atoms. The Bertz CT molecular complexity index is 232. The van der Waals surface area contributed by atoms with E-state index < -0.39 is 0 Å². The molecule has 1 aliphatic carbocycles. The zero-order chi connectivity index (χ0) is 12.2. The molecule has 1 saturated carbocycles. The zero-order valence-electron chi connectivity index (χ0n) is 11.2. The van der Waals surface area contributed by atoms with Gasteiger partial charge in [0.15, 0.2) is 5.96 Å². The highest BCUT2D eigenvalue weighted by Gasteiger charge is 2.20. The Kier molecular flexibility index (Phi) is 4.63. The highest BCUT2D eigenvalue weighted by Crippen LogP contribution is 2.28. The number of nitrogens with zero attached hydrogens (tertiary/aromatic N) is 1. The summed E-state index contributed by atoms with van der Waals surface area (Å²) in [5, 5.41) is 3.22. The summed E-state index contributed by atoms with van der Waals surface area (Å²) in [7, 11) is 0. The minimum atomic E-state index is 0.00814. The number of nitrogens with one attached hydrogen (secondary N) is 1. The van der Waals surface area contributed by atoms with Crippen molar-refractivity contribution in [1.82, 2.24) is 5.32 Å². The average molecular weight is 225 g/mol. The fourth-order valence-electron chi connectivity index (χ4n) is 2.30. The molecule has 94 valence electrons. The standard InChI is InChI=1S/C13H27N3/c1-5-10-6-8-11(9-7-10)15-12(14)16-13(2,3)4/h10-11H,5-9H2,1-4H3,(H3,14,15,16). The fourth-order valence-corrected chi connectivity index (χ4v) is 2.30. The largest absolute Gasteiger partial charge is 0.370 e. The van der Waals surface area contributed by atoms with Gasteiger partial charge >= 0.3 is 0 Å². The Morgan fingerprint density at radius 2 is 1.81 bits per heavy atom. The van der Waals surface area contributed by atoms with E-state index in [1.54, 1.807) is 0 Å². The second-order valence-corrected chi connectivity index (χ2v) is 5.97. The van der Waals surface area contributed by atoms with Crippen molar-refractivity contribution in [1.29, 1.82) is 0 Å². The average Bonchev–Trinajstić information content (AvgIpc) is 2.16. The Balaban J connectivity index is 2.39. The predicted molar refractivity (Wildman–Crippen MR) is 70.5 cm³/mol. The van der Waals surface area contributed by atoms with Crippen LogP contribution in [0.3, 0.4) is 0 Å². The number of hydrogen-bond acceptors (Lipinski definition) is 1. The number of nitrogens with two attached hydrogens (primary N) is 1. The van der Waals surface area contributed by atoms with Gasteiger partial charge < -0.3 is 11.1 Å².